The van der Waals surface area contributed by atoms with Gasteiger partial charge in [0.1, 0.15) is 12.3 Å². The number of likely N-dealkylation sites (N-methyl/N-ethyl adjacent to an activating group) is 1. The zero-order valence-corrected chi connectivity index (χ0v) is 24.6. The van der Waals surface area contributed by atoms with E-state index < -0.39 is 17.6 Å². The second kappa shape index (κ2) is 13.4. The van der Waals surface area contributed by atoms with E-state index in [9.17, 15) is 18.0 Å². The second-order valence-corrected chi connectivity index (χ2v) is 10.4. The predicted octanol–water partition coefficient (Wildman–Crippen LogP) is 3.88. The summed E-state index contributed by atoms with van der Waals surface area (Å²) < 4.78 is 54.1. The maximum absolute atomic E-state index is 14.0. The van der Waals surface area contributed by atoms with Gasteiger partial charge in [0, 0.05) is 63.3 Å². The Morgan fingerprint density at radius 1 is 1.02 bits per heavy atom. The van der Waals surface area contributed by atoms with Crippen LogP contribution in [-0.2, 0) is 17.5 Å². The lowest BCUT2D eigenvalue weighted by Crippen LogP contribution is -2.44. The number of rotatable bonds is 8. The number of aromatic nitrogens is 4. The van der Waals surface area contributed by atoms with E-state index in [0.717, 1.165) is 19.2 Å². The van der Waals surface area contributed by atoms with E-state index in [0.29, 0.717) is 54.8 Å². The van der Waals surface area contributed by atoms with E-state index in [-0.39, 0.29) is 23.4 Å². The first-order valence-electron chi connectivity index (χ1n) is 14.0. The third-order valence-electron chi connectivity index (χ3n) is 7.21. The summed E-state index contributed by atoms with van der Waals surface area (Å²) in [5, 5.41) is 6.99. The number of pyridine rings is 1. The molecule has 4 heterocycles. The van der Waals surface area contributed by atoms with Crippen molar-refractivity contribution in [1.82, 2.24) is 29.4 Å². The zero-order chi connectivity index (χ0) is 31.3. The van der Waals surface area contributed by atoms with Crippen LogP contribution in [0.15, 0.2) is 48.8 Å². The number of methoxy groups -OCH3 is 1. The average molecular weight is 608 g/mol. The number of carbonyl (C=O) groups excluding carboxylic acids is 1. The standard InChI is InChI=1S/C31H32F3N7O3/c1-21-22(5-7-26-19-36-28-8-9-29(38-41(26)28)44-15-14-43-3)16-24(18-35-21)30(42)37-25-6-4-23(27(17-25)31(32,33)34)20-40-12-10-39(2)11-13-40/h4,6,8-9,16-19H,10-15,20H2,1-3H3,(H,37,42). The number of ether oxygens (including phenoxy) is 2. The molecule has 230 valence electrons. The highest BCUT2D eigenvalue weighted by molar-refractivity contribution is 6.04. The normalized spacial score (nSPS) is 14.3. The molecule has 1 aromatic carbocycles. The first kappa shape index (κ1) is 30.9. The minimum Gasteiger partial charge on any atom is -0.474 e. The largest absolute Gasteiger partial charge is 0.474 e. The molecule has 5 rings (SSSR count). The second-order valence-electron chi connectivity index (χ2n) is 10.4. The Labute approximate surface area is 252 Å². The molecular weight excluding hydrogens is 575 g/mol. The number of piperazine rings is 1. The van der Waals surface area contributed by atoms with Crippen LogP contribution in [0, 0.1) is 18.8 Å². The summed E-state index contributed by atoms with van der Waals surface area (Å²) in [6.07, 6.45) is -1.64. The minimum absolute atomic E-state index is 0.0398. The molecular formula is C31H32F3N7O3. The van der Waals surface area contributed by atoms with Crippen molar-refractivity contribution in [3.63, 3.8) is 0 Å². The molecule has 1 aliphatic heterocycles. The summed E-state index contributed by atoms with van der Waals surface area (Å²) >= 11 is 0. The molecule has 0 radical (unpaired) electrons. The molecule has 10 nitrogen and oxygen atoms in total. The van der Waals surface area contributed by atoms with Gasteiger partial charge < -0.3 is 19.7 Å². The van der Waals surface area contributed by atoms with Crippen LogP contribution in [0.25, 0.3) is 5.65 Å². The Balaban J connectivity index is 1.33. The van der Waals surface area contributed by atoms with E-state index in [1.165, 1.54) is 18.3 Å². The van der Waals surface area contributed by atoms with Crippen LogP contribution in [0.2, 0.25) is 0 Å². The molecule has 13 heteroatoms. The van der Waals surface area contributed by atoms with Gasteiger partial charge in [-0.3, -0.25) is 14.7 Å². The Kier molecular flexibility index (Phi) is 9.43. The number of nitrogens with one attached hydrogen (secondary N) is 1. The lowest BCUT2D eigenvalue weighted by atomic mass is 10.0. The number of halogens is 3. The highest BCUT2D eigenvalue weighted by Crippen LogP contribution is 2.34. The number of fused-ring (bicyclic) bond motifs is 1. The third-order valence-corrected chi connectivity index (χ3v) is 7.21. The van der Waals surface area contributed by atoms with Crippen LogP contribution in [0.1, 0.15) is 38.4 Å². The fourth-order valence-corrected chi connectivity index (χ4v) is 4.67. The smallest absolute Gasteiger partial charge is 0.416 e. The predicted molar refractivity (Wildman–Crippen MR) is 157 cm³/mol. The van der Waals surface area contributed by atoms with Crippen molar-refractivity contribution < 1.29 is 27.4 Å². The number of carbonyl (C=O) groups is 1. The quantitative estimate of drug-likeness (QED) is 0.238. The SMILES string of the molecule is COCCOc1ccc2ncc(C#Cc3cc(C(=O)Nc4ccc(CN5CCN(C)CC5)c(C(F)(F)F)c4)cnc3C)n2n1. The maximum atomic E-state index is 14.0. The van der Waals surface area contributed by atoms with Gasteiger partial charge in [0.2, 0.25) is 5.88 Å². The van der Waals surface area contributed by atoms with Crippen LogP contribution in [0.3, 0.4) is 0 Å². The monoisotopic (exact) mass is 607 g/mol. The Bertz CT molecular complexity index is 1700. The number of imidazole rings is 1. The van der Waals surface area contributed by atoms with E-state index in [2.05, 4.69) is 37.1 Å². The van der Waals surface area contributed by atoms with Crippen molar-refractivity contribution in [2.45, 2.75) is 19.6 Å². The molecule has 0 saturated carbocycles. The van der Waals surface area contributed by atoms with Gasteiger partial charge in [-0.05, 0) is 49.7 Å². The topological polar surface area (TPSA) is 97.1 Å². The van der Waals surface area contributed by atoms with Gasteiger partial charge in [-0.15, -0.1) is 5.10 Å². The number of hydrogen-bond donors (Lipinski definition) is 1. The molecule has 1 saturated heterocycles. The van der Waals surface area contributed by atoms with Crippen molar-refractivity contribution in [1.29, 1.82) is 0 Å². The van der Waals surface area contributed by atoms with Gasteiger partial charge in [-0.1, -0.05) is 12.0 Å². The number of benzene rings is 1. The lowest BCUT2D eigenvalue weighted by molar-refractivity contribution is -0.138. The van der Waals surface area contributed by atoms with Gasteiger partial charge in [0.25, 0.3) is 5.91 Å². The number of nitrogens with zero attached hydrogens (tertiary/aromatic N) is 6. The van der Waals surface area contributed by atoms with Gasteiger partial charge in [-0.2, -0.15) is 13.2 Å². The molecule has 0 atom stereocenters. The summed E-state index contributed by atoms with van der Waals surface area (Å²) in [4.78, 5) is 25.8. The summed E-state index contributed by atoms with van der Waals surface area (Å²) in [5.74, 6) is 5.79. The zero-order valence-electron chi connectivity index (χ0n) is 24.6. The highest BCUT2D eigenvalue weighted by atomic mass is 19.4. The maximum Gasteiger partial charge on any atom is 0.416 e. The van der Waals surface area contributed by atoms with Gasteiger partial charge in [-0.25, -0.2) is 9.50 Å². The third kappa shape index (κ3) is 7.52. The molecule has 0 aliphatic carbocycles. The Morgan fingerprint density at radius 3 is 2.57 bits per heavy atom. The van der Waals surface area contributed by atoms with E-state index in [4.69, 9.17) is 9.47 Å². The molecule has 0 bridgehead atoms. The van der Waals surface area contributed by atoms with Crippen LogP contribution in [0.5, 0.6) is 5.88 Å². The van der Waals surface area contributed by atoms with Gasteiger partial charge >= 0.3 is 6.18 Å². The van der Waals surface area contributed by atoms with E-state index in [1.54, 1.807) is 42.9 Å². The number of amides is 1. The summed E-state index contributed by atoms with van der Waals surface area (Å²) in [6.45, 7) is 5.66. The van der Waals surface area contributed by atoms with E-state index in [1.807, 2.05) is 11.9 Å². The van der Waals surface area contributed by atoms with Crippen molar-refractivity contribution >= 4 is 17.2 Å². The number of hydrogen-bond acceptors (Lipinski definition) is 8. The van der Waals surface area contributed by atoms with Crippen LogP contribution >= 0.6 is 0 Å². The van der Waals surface area contributed by atoms with Crippen molar-refractivity contribution in [2.75, 3.05) is 58.9 Å². The Morgan fingerprint density at radius 2 is 1.82 bits per heavy atom. The molecule has 1 amide bonds. The first-order valence-corrected chi connectivity index (χ1v) is 14.0. The molecule has 44 heavy (non-hydrogen) atoms. The van der Waals surface area contributed by atoms with Crippen molar-refractivity contribution in [3.8, 4) is 17.7 Å². The molecule has 1 fully saturated rings. The van der Waals surface area contributed by atoms with Crippen LogP contribution < -0.4 is 10.1 Å². The van der Waals surface area contributed by atoms with E-state index >= 15 is 0 Å². The summed E-state index contributed by atoms with van der Waals surface area (Å²) in [6, 6.07) is 8.90. The molecule has 1 N–H and O–H groups in total. The number of alkyl halides is 3. The molecule has 4 aromatic rings. The van der Waals surface area contributed by atoms with Gasteiger partial charge in [0.15, 0.2) is 5.65 Å². The number of anilines is 1. The van der Waals surface area contributed by atoms with Crippen LogP contribution in [-0.4, -0.2) is 88.8 Å². The fraction of sp³-hybridized carbons (Fsp3) is 0.355. The van der Waals surface area contributed by atoms with Crippen molar-refractivity contribution in [2.24, 2.45) is 0 Å². The lowest BCUT2D eigenvalue weighted by Gasteiger charge is -2.33. The summed E-state index contributed by atoms with van der Waals surface area (Å²) in [7, 11) is 3.57. The van der Waals surface area contributed by atoms with Crippen LogP contribution in [0.4, 0.5) is 18.9 Å². The number of aryl methyl sites for hydroxylation is 1. The minimum atomic E-state index is -4.57. The summed E-state index contributed by atoms with van der Waals surface area (Å²) in [5.41, 5.74) is 1.71. The van der Waals surface area contributed by atoms with Gasteiger partial charge in [0.05, 0.1) is 29.6 Å². The highest BCUT2D eigenvalue weighted by Gasteiger charge is 2.34. The molecule has 1 aliphatic rings. The average Bonchev–Trinajstić information content (AvgIpc) is 3.40. The first-order chi connectivity index (χ1) is 21.1. The fourth-order valence-electron chi connectivity index (χ4n) is 4.67. The van der Waals surface area contributed by atoms with Crippen molar-refractivity contribution in [3.05, 3.63) is 82.4 Å². The molecule has 3 aromatic heterocycles. The molecule has 0 spiro atoms. The Hall–Kier alpha value is -4.51. The molecule has 0 unspecified atom stereocenters.